The zero-order valence-electron chi connectivity index (χ0n) is 18.2. The summed E-state index contributed by atoms with van der Waals surface area (Å²) in [6, 6.07) is 24.6. The van der Waals surface area contributed by atoms with Gasteiger partial charge in [-0.3, -0.25) is 4.57 Å². The van der Waals surface area contributed by atoms with Crippen LogP contribution in [0.5, 0.6) is 11.6 Å². The van der Waals surface area contributed by atoms with Crippen LogP contribution in [0.15, 0.2) is 84.9 Å². The van der Waals surface area contributed by atoms with Crippen LogP contribution in [0.4, 0.5) is 18.9 Å². The Hall–Kier alpha value is -3.58. The predicted molar refractivity (Wildman–Crippen MR) is 128 cm³/mol. The van der Waals surface area contributed by atoms with Gasteiger partial charge >= 0.3 is 6.18 Å². The number of aromatic nitrogens is 1. The standard InChI is InChI=1S/C26H22ClF3N2O2/c1-17(18-6-3-2-4-7-18)31-23-15-24(32(25(23)33)21-12-10-20(27)11-13-21)19-8-5-9-22(14-19)34-16-26(28,29)30/h2-15,17,31,33H,16H2,1H3/t17-/m1/s1. The molecular formula is C26H22ClF3N2O2. The fourth-order valence-electron chi connectivity index (χ4n) is 3.64. The molecular weight excluding hydrogens is 465 g/mol. The number of aromatic hydroxyl groups is 1. The maximum Gasteiger partial charge on any atom is 0.422 e. The van der Waals surface area contributed by atoms with Gasteiger partial charge < -0.3 is 15.2 Å². The largest absolute Gasteiger partial charge is 0.493 e. The van der Waals surface area contributed by atoms with Gasteiger partial charge in [0.05, 0.1) is 11.4 Å². The van der Waals surface area contributed by atoms with Crippen LogP contribution in [0.25, 0.3) is 16.9 Å². The predicted octanol–water partition coefficient (Wildman–Crippen LogP) is 7.62. The Kier molecular flexibility index (Phi) is 6.75. The first kappa shape index (κ1) is 23.6. The third-order valence-electron chi connectivity index (χ3n) is 5.26. The maximum absolute atomic E-state index is 12.6. The van der Waals surface area contributed by atoms with Crippen LogP contribution in [0, 0.1) is 0 Å². The highest BCUT2D eigenvalue weighted by Crippen LogP contribution is 2.39. The molecule has 176 valence electrons. The van der Waals surface area contributed by atoms with Crippen molar-refractivity contribution in [3.05, 3.63) is 95.5 Å². The molecule has 8 heteroatoms. The number of halogens is 4. The van der Waals surface area contributed by atoms with Crippen molar-refractivity contribution in [2.24, 2.45) is 0 Å². The van der Waals surface area contributed by atoms with Crippen LogP contribution in [0.2, 0.25) is 5.02 Å². The molecule has 34 heavy (non-hydrogen) atoms. The molecule has 0 aliphatic rings. The normalized spacial score (nSPS) is 12.4. The molecule has 4 nitrogen and oxygen atoms in total. The van der Waals surface area contributed by atoms with E-state index in [0.717, 1.165) is 5.56 Å². The quantitative estimate of drug-likeness (QED) is 0.282. The van der Waals surface area contributed by atoms with Gasteiger partial charge in [0.1, 0.15) is 5.75 Å². The van der Waals surface area contributed by atoms with Crippen LogP contribution < -0.4 is 10.1 Å². The zero-order valence-corrected chi connectivity index (χ0v) is 18.9. The second-order valence-electron chi connectivity index (χ2n) is 7.79. The topological polar surface area (TPSA) is 46.4 Å². The van der Waals surface area contributed by atoms with E-state index in [9.17, 15) is 18.3 Å². The minimum Gasteiger partial charge on any atom is -0.493 e. The number of rotatable bonds is 7. The minimum atomic E-state index is -4.44. The third kappa shape index (κ3) is 5.48. The van der Waals surface area contributed by atoms with Crippen molar-refractivity contribution in [3.8, 4) is 28.6 Å². The molecule has 0 radical (unpaired) electrons. The van der Waals surface area contributed by atoms with Gasteiger partial charge in [-0.05, 0) is 55.0 Å². The monoisotopic (exact) mass is 486 g/mol. The molecule has 0 amide bonds. The van der Waals surface area contributed by atoms with Gasteiger partial charge in [-0.2, -0.15) is 13.2 Å². The van der Waals surface area contributed by atoms with Gasteiger partial charge in [0.15, 0.2) is 6.61 Å². The highest BCUT2D eigenvalue weighted by atomic mass is 35.5. The van der Waals surface area contributed by atoms with E-state index in [1.165, 1.54) is 12.1 Å². The van der Waals surface area contributed by atoms with Crippen molar-refractivity contribution < 1.29 is 23.0 Å². The van der Waals surface area contributed by atoms with E-state index < -0.39 is 12.8 Å². The molecule has 0 unspecified atom stereocenters. The summed E-state index contributed by atoms with van der Waals surface area (Å²) in [7, 11) is 0. The molecule has 0 saturated carbocycles. The van der Waals surface area contributed by atoms with Crippen LogP contribution in [0.1, 0.15) is 18.5 Å². The Morgan fingerprint density at radius 2 is 1.68 bits per heavy atom. The highest BCUT2D eigenvalue weighted by molar-refractivity contribution is 6.30. The van der Waals surface area contributed by atoms with Gasteiger partial charge in [-0.25, -0.2) is 0 Å². The first-order valence-corrected chi connectivity index (χ1v) is 10.9. The number of ether oxygens (including phenoxy) is 1. The van der Waals surface area contributed by atoms with E-state index in [4.69, 9.17) is 16.3 Å². The molecule has 4 aromatic rings. The van der Waals surface area contributed by atoms with E-state index in [1.807, 2.05) is 37.3 Å². The highest BCUT2D eigenvalue weighted by Gasteiger charge is 2.28. The Morgan fingerprint density at radius 1 is 0.971 bits per heavy atom. The number of nitrogens with zero attached hydrogens (tertiary/aromatic N) is 1. The minimum absolute atomic E-state index is 0.0401. The van der Waals surface area contributed by atoms with E-state index in [1.54, 1.807) is 47.0 Å². The summed E-state index contributed by atoms with van der Waals surface area (Å²) in [5.74, 6) is 0.0343. The fourth-order valence-corrected chi connectivity index (χ4v) is 3.77. The fraction of sp³-hybridized carbons (Fsp3) is 0.154. The molecule has 4 rings (SSSR count). The Labute approximate surface area is 200 Å². The summed E-state index contributed by atoms with van der Waals surface area (Å²) < 4.78 is 44.4. The summed E-state index contributed by atoms with van der Waals surface area (Å²) in [6.45, 7) is 0.584. The van der Waals surface area contributed by atoms with Gasteiger partial charge in [-0.1, -0.05) is 54.1 Å². The van der Waals surface area contributed by atoms with Crippen molar-refractivity contribution >= 4 is 17.3 Å². The van der Waals surface area contributed by atoms with Crippen LogP contribution in [-0.2, 0) is 0 Å². The van der Waals surface area contributed by atoms with Crippen molar-refractivity contribution in [2.45, 2.75) is 19.1 Å². The molecule has 0 aliphatic carbocycles. The third-order valence-corrected chi connectivity index (χ3v) is 5.52. The first-order valence-electron chi connectivity index (χ1n) is 10.5. The average Bonchev–Trinajstić information content (AvgIpc) is 3.14. The van der Waals surface area contributed by atoms with E-state index in [2.05, 4.69) is 5.32 Å². The summed E-state index contributed by atoms with van der Waals surface area (Å²) in [4.78, 5) is 0. The number of nitrogens with one attached hydrogen (secondary N) is 1. The lowest BCUT2D eigenvalue weighted by molar-refractivity contribution is -0.153. The summed E-state index contributed by atoms with van der Waals surface area (Å²) >= 11 is 6.04. The van der Waals surface area contributed by atoms with E-state index >= 15 is 0 Å². The summed E-state index contributed by atoms with van der Waals surface area (Å²) in [5.41, 5.74) is 3.29. The van der Waals surface area contributed by atoms with Crippen molar-refractivity contribution in [1.29, 1.82) is 0 Å². The Morgan fingerprint density at radius 3 is 2.35 bits per heavy atom. The van der Waals surface area contributed by atoms with Crippen LogP contribution in [-0.4, -0.2) is 22.5 Å². The smallest absolute Gasteiger partial charge is 0.422 e. The molecule has 1 aromatic heterocycles. The lowest BCUT2D eigenvalue weighted by atomic mass is 10.1. The second-order valence-corrected chi connectivity index (χ2v) is 8.22. The van der Waals surface area contributed by atoms with Gasteiger partial charge in [-0.15, -0.1) is 0 Å². The maximum atomic E-state index is 12.6. The molecule has 0 bridgehead atoms. The zero-order chi connectivity index (χ0) is 24.3. The Balaban J connectivity index is 1.75. The van der Waals surface area contributed by atoms with E-state index in [0.29, 0.717) is 27.7 Å². The Bertz CT molecular complexity index is 1260. The number of alkyl halides is 3. The first-order chi connectivity index (χ1) is 16.2. The lowest BCUT2D eigenvalue weighted by Crippen LogP contribution is -2.19. The molecule has 1 heterocycles. The van der Waals surface area contributed by atoms with Crippen molar-refractivity contribution in [1.82, 2.24) is 4.57 Å². The van der Waals surface area contributed by atoms with E-state index in [-0.39, 0.29) is 17.7 Å². The molecule has 1 atom stereocenters. The lowest BCUT2D eigenvalue weighted by Gasteiger charge is -2.15. The molecule has 2 N–H and O–H groups in total. The van der Waals surface area contributed by atoms with Crippen LogP contribution in [0.3, 0.4) is 0 Å². The van der Waals surface area contributed by atoms with Crippen molar-refractivity contribution in [3.63, 3.8) is 0 Å². The average molecular weight is 487 g/mol. The molecule has 0 saturated heterocycles. The summed E-state index contributed by atoms with van der Waals surface area (Å²) in [5, 5.41) is 15.0. The van der Waals surface area contributed by atoms with Gasteiger partial charge in [0.2, 0.25) is 5.88 Å². The molecule has 0 spiro atoms. The van der Waals surface area contributed by atoms with Gasteiger partial charge in [0.25, 0.3) is 0 Å². The molecule has 3 aromatic carbocycles. The number of anilines is 1. The van der Waals surface area contributed by atoms with Gasteiger partial charge in [0, 0.05) is 22.3 Å². The second kappa shape index (κ2) is 9.73. The summed E-state index contributed by atoms with van der Waals surface area (Å²) in [6.07, 6.45) is -4.44. The number of benzene rings is 3. The van der Waals surface area contributed by atoms with Crippen molar-refractivity contribution in [2.75, 3.05) is 11.9 Å². The molecule has 0 aliphatic heterocycles. The SMILES string of the molecule is C[C@@H](Nc1cc(-c2cccc(OCC(F)(F)F)c2)n(-c2ccc(Cl)cc2)c1O)c1ccccc1. The number of hydrogen-bond donors (Lipinski definition) is 2. The molecule has 0 fully saturated rings. The number of hydrogen-bond acceptors (Lipinski definition) is 3. The van der Waals surface area contributed by atoms with Crippen LogP contribution >= 0.6 is 11.6 Å².